The van der Waals surface area contributed by atoms with Gasteiger partial charge in [-0.3, -0.25) is 0 Å². The van der Waals surface area contributed by atoms with Crippen molar-refractivity contribution >= 4 is 17.3 Å². The maximum atomic E-state index is 13.2. The van der Waals surface area contributed by atoms with Crippen molar-refractivity contribution in [1.29, 1.82) is 0 Å². The van der Waals surface area contributed by atoms with Crippen molar-refractivity contribution in [3.8, 4) is 0 Å². The molecule has 1 fully saturated rings. The normalized spacial score (nSPS) is 14.6. The summed E-state index contributed by atoms with van der Waals surface area (Å²) in [5, 5.41) is 6.41. The predicted octanol–water partition coefficient (Wildman–Crippen LogP) is 2.09. The second-order valence-electron chi connectivity index (χ2n) is 3.84. The molecule has 5 heteroatoms. The second-order valence-corrected chi connectivity index (χ2v) is 4.25. The molecular formula is C11H12F2N2S. The van der Waals surface area contributed by atoms with E-state index >= 15 is 0 Å². The third-order valence-corrected chi connectivity index (χ3v) is 2.62. The highest BCUT2D eigenvalue weighted by atomic mass is 32.1. The van der Waals surface area contributed by atoms with Gasteiger partial charge in [-0.25, -0.2) is 8.78 Å². The molecule has 0 aromatic heterocycles. The van der Waals surface area contributed by atoms with Crippen LogP contribution in [-0.4, -0.2) is 11.2 Å². The molecule has 2 nitrogen and oxygen atoms in total. The van der Waals surface area contributed by atoms with Crippen LogP contribution in [0.15, 0.2) is 18.2 Å². The molecule has 1 saturated carbocycles. The lowest BCUT2D eigenvalue weighted by Crippen LogP contribution is -2.36. The van der Waals surface area contributed by atoms with Gasteiger partial charge in [0.05, 0.1) is 0 Å². The van der Waals surface area contributed by atoms with E-state index in [4.69, 9.17) is 12.2 Å². The Morgan fingerprint density at radius 3 is 2.81 bits per heavy atom. The van der Waals surface area contributed by atoms with Gasteiger partial charge in [-0.15, -0.1) is 0 Å². The minimum atomic E-state index is -0.445. The molecule has 2 rings (SSSR count). The van der Waals surface area contributed by atoms with E-state index in [1.165, 1.54) is 6.07 Å². The summed E-state index contributed by atoms with van der Waals surface area (Å²) in [6.45, 7) is 0.197. The number of halogens is 2. The van der Waals surface area contributed by atoms with Crippen molar-refractivity contribution < 1.29 is 8.78 Å². The van der Waals surface area contributed by atoms with Crippen molar-refractivity contribution in [3.63, 3.8) is 0 Å². The Hall–Kier alpha value is -1.23. The van der Waals surface area contributed by atoms with Crippen molar-refractivity contribution in [1.82, 2.24) is 10.6 Å². The fraction of sp³-hybridized carbons (Fsp3) is 0.364. The molecule has 0 radical (unpaired) electrons. The molecule has 16 heavy (non-hydrogen) atoms. The molecule has 0 saturated heterocycles. The number of benzene rings is 1. The zero-order valence-corrected chi connectivity index (χ0v) is 9.41. The van der Waals surface area contributed by atoms with Crippen LogP contribution in [0.4, 0.5) is 8.78 Å². The Labute approximate surface area is 98.0 Å². The molecule has 0 aliphatic heterocycles. The van der Waals surface area contributed by atoms with Crippen LogP contribution in [0, 0.1) is 11.6 Å². The summed E-state index contributed by atoms with van der Waals surface area (Å²) >= 11 is 5.01. The number of nitrogens with one attached hydrogen (secondary N) is 2. The van der Waals surface area contributed by atoms with Crippen molar-refractivity contribution in [2.24, 2.45) is 0 Å². The summed E-state index contributed by atoms with van der Waals surface area (Å²) in [6, 6.07) is 3.84. The van der Waals surface area contributed by atoms with Crippen LogP contribution in [0.5, 0.6) is 0 Å². The van der Waals surface area contributed by atoms with Crippen LogP contribution >= 0.6 is 12.2 Å². The molecule has 1 aromatic rings. The van der Waals surface area contributed by atoms with E-state index in [1.807, 2.05) is 0 Å². The van der Waals surface area contributed by atoms with Gasteiger partial charge in [-0.05, 0) is 43.3 Å². The van der Waals surface area contributed by atoms with Gasteiger partial charge in [0.25, 0.3) is 0 Å². The standard InChI is InChI=1S/C11H12F2N2S/c12-8-1-4-10(13)7(5-8)6-14-11(16)15-9-2-3-9/h1,4-5,9H,2-3,6H2,(H2,14,15,16). The molecule has 86 valence electrons. The maximum absolute atomic E-state index is 13.2. The zero-order valence-electron chi connectivity index (χ0n) is 8.59. The predicted molar refractivity (Wildman–Crippen MR) is 62.0 cm³/mol. The van der Waals surface area contributed by atoms with E-state index < -0.39 is 11.6 Å². The monoisotopic (exact) mass is 242 g/mol. The number of hydrogen-bond acceptors (Lipinski definition) is 1. The number of thiocarbonyl (C=S) groups is 1. The largest absolute Gasteiger partial charge is 0.360 e. The van der Waals surface area contributed by atoms with Crippen LogP contribution < -0.4 is 10.6 Å². The van der Waals surface area contributed by atoms with Gasteiger partial charge in [0.2, 0.25) is 0 Å². The van der Waals surface area contributed by atoms with E-state index in [-0.39, 0.29) is 12.1 Å². The van der Waals surface area contributed by atoms with Gasteiger partial charge < -0.3 is 10.6 Å². The van der Waals surface area contributed by atoms with Gasteiger partial charge in [0.15, 0.2) is 5.11 Å². The lowest BCUT2D eigenvalue weighted by Gasteiger charge is -2.10. The first-order chi connectivity index (χ1) is 7.65. The first-order valence-corrected chi connectivity index (χ1v) is 5.54. The molecule has 0 amide bonds. The molecule has 0 atom stereocenters. The summed E-state index contributed by atoms with van der Waals surface area (Å²) in [6.07, 6.45) is 2.24. The second kappa shape index (κ2) is 4.74. The van der Waals surface area contributed by atoms with Gasteiger partial charge in [-0.2, -0.15) is 0 Å². The third-order valence-electron chi connectivity index (χ3n) is 2.36. The highest BCUT2D eigenvalue weighted by molar-refractivity contribution is 7.80. The van der Waals surface area contributed by atoms with E-state index in [9.17, 15) is 8.78 Å². The van der Waals surface area contributed by atoms with Gasteiger partial charge in [0.1, 0.15) is 11.6 Å². The molecule has 0 heterocycles. The maximum Gasteiger partial charge on any atom is 0.166 e. The van der Waals surface area contributed by atoms with Crippen molar-refractivity contribution in [3.05, 3.63) is 35.4 Å². The Morgan fingerprint density at radius 2 is 2.12 bits per heavy atom. The van der Waals surface area contributed by atoms with Crippen LogP contribution in [0.3, 0.4) is 0 Å². The fourth-order valence-corrected chi connectivity index (χ4v) is 1.56. The molecule has 1 aliphatic carbocycles. The molecule has 0 bridgehead atoms. The van der Waals surface area contributed by atoms with Gasteiger partial charge in [0, 0.05) is 18.2 Å². The number of hydrogen-bond donors (Lipinski definition) is 2. The molecule has 2 N–H and O–H groups in total. The highest BCUT2D eigenvalue weighted by Gasteiger charge is 2.21. The summed E-state index contributed by atoms with van der Waals surface area (Å²) in [5.74, 6) is -0.873. The SMILES string of the molecule is Fc1ccc(F)c(CNC(=S)NC2CC2)c1. The molecule has 0 spiro atoms. The smallest absolute Gasteiger partial charge is 0.166 e. The van der Waals surface area contributed by atoms with Crippen LogP contribution in [-0.2, 0) is 6.54 Å². The highest BCUT2D eigenvalue weighted by Crippen LogP contribution is 2.18. The van der Waals surface area contributed by atoms with E-state index in [0.29, 0.717) is 11.2 Å². The minimum Gasteiger partial charge on any atom is -0.360 e. The Kier molecular flexibility index (Phi) is 3.33. The molecular weight excluding hydrogens is 230 g/mol. The lowest BCUT2D eigenvalue weighted by molar-refractivity contribution is 0.581. The average molecular weight is 242 g/mol. The van der Waals surface area contributed by atoms with E-state index in [2.05, 4.69) is 10.6 Å². The minimum absolute atomic E-state index is 0.197. The van der Waals surface area contributed by atoms with E-state index in [1.54, 1.807) is 0 Å². The van der Waals surface area contributed by atoms with Crippen LogP contribution in [0.2, 0.25) is 0 Å². The summed E-state index contributed by atoms with van der Waals surface area (Å²) in [4.78, 5) is 0. The Bertz CT molecular complexity index is 405. The summed E-state index contributed by atoms with van der Waals surface area (Å²) in [7, 11) is 0. The molecule has 1 aromatic carbocycles. The van der Waals surface area contributed by atoms with Crippen molar-refractivity contribution in [2.75, 3.05) is 0 Å². The van der Waals surface area contributed by atoms with Crippen molar-refractivity contribution in [2.45, 2.75) is 25.4 Å². The van der Waals surface area contributed by atoms with Crippen LogP contribution in [0.1, 0.15) is 18.4 Å². The average Bonchev–Trinajstić information content (AvgIpc) is 3.03. The number of rotatable bonds is 3. The third kappa shape index (κ3) is 3.13. The van der Waals surface area contributed by atoms with Crippen LogP contribution in [0.25, 0.3) is 0 Å². The molecule has 0 unspecified atom stereocenters. The lowest BCUT2D eigenvalue weighted by atomic mass is 10.2. The van der Waals surface area contributed by atoms with E-state index in [0.717, 1.165) is 25.0 Å². The molecule has 1 aliphatic rings. The zero-order chi connectivity index (χ0) is 11.5. The fourth-order valence-electron chi connectivity index (χ4n) is 1.32. The summed E-state index contributed by atoms with van der Waals surface area (Å²) in [5.41, 5.74) is 0.278. The topological polar surface area (TPSA) is 24.1 Å². The van der Waals surface area contributed by atoms with Gasteiger partial charge in [-0.1, -0.05) is 0 Å². The first kappa shape index (κ1) is 11.3. The quantitative estimate of drug-likeness (QED) is 0.794. The first-order valence-electron chi connectivity index (χ1n) is 5.13. The Morgan fingerprint density at radius 1 is 1.38 bits per heavy atom. The summed E-state index contributed by atoms with van der Waals surface area (Å²) < 4.78 is 26.1. The Balaban J connectivity index is 1.87. The van der Waals surface area contributed by atoms with Gasteiger partial charge >= 0.3 is 0 Å².